The number of benzene rings is 1. The van der Waals surface area contributed by atoms with Crippen LogP contribution in [0.15, 0.2) is 30.5 Å². The molecule has 0 bridgehead atoms. The van der Waals surface area contributed by atoms with Gasteiger partial charge >= 0.3 is 12.1 Å². The van der Waals surface area contributed by atoms with Gasteiger partial charge in [0, 0.05) is 17.3 Å². The molecule has 0 atom stereocenters. The van der Waals surface area contributed by atoms with Crippen molar-refractivity contribution in [2.75, 3.05) is 7.11 Å². The molecule has 3 rings (SSSR count). The number of nitrogens with zero attached hydrogens (tertiary/aromatic N) is 2. The Morgan fingerprint density at radius 2 is 2.00 bits per heavy atom. The van der Waals surface area contributed by atoms with E-state index in [2.05, 4.69) is 9.72 Å². The first-order chi connectivity index (χ1) is 10.3. The lowest BCUT2D eigenvalue weighted by Gasteiger charge is -2.06. The van der Waals surface area contributed by atoms with Gasteiger partial charge in [0.05, 0.1) is 12.7 Å². The molecule has 4 nitrogen and oxygen atoms in total. The molecule has 2 heterocycles. The molecule has 0 spiro atoms. The van der Waals surface area contributed by atoms with E-state index in [-0.39, 0.29) is 5.65 Å². The minimum Gasteiger partial charge on any atom is -0.465 e. The molecule has 2 aromatic heterocycles. The third kappa shape index (κ3) is 2.18. The summed E-state index contributed by atoms with van der Waals surface area (Å²) >= 11 is 0. The summed E-state index contributed by atoms with van der Waals surface area (Å²) in [5, 5.41) is 1.17. The van der Waals surface area contributed by atoms with Crippen LogP contribution < -0.4 is 0 Å². The van der Waals surface area contributed by atoms with E-state index in [9.17, 15) is 18.0 Å². The quantitative estimate of drug-likeness (QED) is 0.645. The van der Waals surface area contributed by atoms with E-state index in [0.29, 0.717) is 22.0 Å². The monoisotopic (exact) mass is 308 g/mol. The SMILES string of the molecule is COC(=O)c1ccc2c(c1)cc(C)n1cc(C(F)(F)F)nc21. The number of pyridine rings is 1. The van der Waals surface area contributed by atoms with Crippen LogP contribution in [0.25, 0.3) is 16.4 Å². The maximum atomic E-state index is 12.8. The van der Waals surface area contributed by atoms with Gasteiger partial charge in [-0.3, -0.25) is 0 Å². The molecule has 0 radical (unpaired) electrons. The fourth-order valence-electron chi connectivity index (χ4n) is 2.40. The number of carbonyl (C=O) groups is 1. The van der Waals surface area contributed by atoms with Crippen molar-refractivity contribution in [3.8, 4) is 0 Å². The Bertz CT molecular complexity index is 897. The predicted molar refractivity (Wildman–Crippen MR) is 73.8 cm³/mol. The second-order valence-corrected chi connectivity index (χ2v) is 4.90. The summed E-state index contributed by atoms with van der Waals surface area (Å²) in [6.45, 7) is 1.68. The molecule has 0 amide bonds. The van der Waals surface area contributed by atoms with E-state index in [4.69, 9.17) is 0 Å². The lowest BCUT2D eigenvalue weighted by atomic mass is 10.1. The van der Waals surface area contributed by atoms with Crippen LogP contribution in [-0.2, 0) is 10.9 Å². The summed E-state index contributed by atoms with van der Waals surface area (Å²) in [7, 11) is 1.27. The van der Waals surface area contributed by atoms with Gasteiger partial charge in [0.2, 0.25) is 0 Å². The molecule has 0 saturated heterocycles. The standard InChI is InChI=1S/C15H11F3N2O2/c1-8-5-10-6-9(14(21)22-2)3-4-11(10)13-19-12(7-20(8)13)15(16,17)18/h3-7H,1-2H3. The number of aryl methyl sites for hydroxylation is 1. The number of rotatable bonds is 1. The van der Waals surface area contributed by atoms with Gasteiger partial charge < -0.3 is 9.14 Å². The van der Waals surface area contributed by atoms with Crippen LogP contribution in [0.4, 0.5) is 13.2 Å². The summed E-state index contributed by atoms with van der Waals surface area (Å²) in [6.07, 6.45) is -3.53. The van der Waals surface area contributed by atoms with Crippen molar-refractivity contribution in [3.63, 3.8) is 0 Å². The van der Waals surface area contributed by atoms with Crippen molar-refractivity contribution in [2.24, 2.45) is 0 Å². The van der Waals surface area contributed by atoms with E-state index >= 15 is 0 Å². The van der Waals surface area contributed by atoms with Gasteiger partial charge in [0.25, 0.3) is 0 Å². The van der Waals surface area contributed by atoms with E-state index in [1.54, 1.807) is 25.1 Å². The van der Waals surface area contributed by atoms with Crippen molar-refractivity contribution < 1.29 is 22.7 Å². The molecule has 0 aliphatic carbocycles. The molecule has 0 unspecified atom stereocenters. The van der Waals surface area contributed by atoms with E-state index in [1.807, 2.05) is 0 Å². The number of imidazole rings is 1. The normalized spacial score (nSPS) is 12.0. The molecule has 114 valence electrons. The smallest absolute Gasteiger partial charge is 0.434 e. The highest BCUT2D eigenvalue weighted by molar-refractivity contribution is 6.00. The molecule has 0 aliphatic heterocycles. The molecular weight excluding hydrogens is 297 g/mol. The third-order valence-corrected chi connectivity index (χ3v) is 3.45. The van der Waals surface area contributed by atoms with Crippen LogP contribution in [0.3, 0.4) is 0 Å². The fraction of sp³-hybridized carbons (Fsp3) is 0.200. The summed E-state index contributed by atoms with van der Waals surface area (Å²) in [6, 6.07) is 6.36. The van der Waals surface area contributed by atoms with E-state index in [1.165, 1.54) is 17.6 Å². The molecule has 0 fully saturated rings. The van der Waals surface area contributed by atoms with Crippen LogP contribution in [0.2, 0.25) is 0 Å². The molecule has 0 aliphatic rings. The predicted octanol–water partition coefficient (Wildman–Crippen LogP) is 3.60. The Labute approximate surface area is 123 Å². The highest BCUT2D eigenvalue weighted by atomic mass is 19.4. The average molecular weight is 308 g/mol. The first-order valence-corrected chi connectivity index (χ1v) is 6.39. The van der Waals surface area contributed by atoms with Gasteiger partial charge in [0.15, 0.2) is 5.69 Å². The number of fused-ring (bicyclic) bond motifs is 3. The number of methoxy groups -OCH3 is 1. The molecule has 7 heteroatoms. The second kappa shape index (κ2) is 4.72. The lowest BCUT2D eigenvalue weighted by molar-refractivity contribution is -0.140. The van der Waals surface area contributed by atoms with Crippen LogP contribution in [0, 0.1) is 6.92 Å². The number of alkyl halides is 3. The highest BCUT2D eigenvalue weighted by Gasteiger charge is 2.34. The highest BCUT2D eigenvalue weighted by Crippen LogP contribution is 2.31. The molecule has 3 aromatic rings. The summed E-state index contributed by atoms with van der Waals surface area (Å²) < 4.78 is 44.5. The minimum atomic E-state index is -4.50. The van der Waals surface area contributed by atoms with Crippen LogP contribution >= 0.6 is 0 Å². The van der Waals surface area contributed by atoms with Gasteiger partial charge in [-0.15, -0.1) is 0 Å². The summed E-state index contributed by atoms with van der Waals surface area (Å²) in [5.41, 5.74) is 0.188. The third-order valence-electron chi connectivity index (χ3n) is 3.45. The van der Waals surface area contributed by atoms with Crippen molar-refractivity contribution >= 4 is 22.4 Å². The number of esters is 1. The number of carbonyl (C=O) groups excluding carboxylic acids is 1. The zero-order valence-electron chi connectivity index (χ0n) is 11.7. The van der Waals surface area contributed by atoms with Gasteiger partial charge in [-0.05, 0) is 36.6 Å². The van der Waals surface area contributed by atoms with E-state index in [0.717, 1.165) is 6.20 Å². The van der Waals surface area contributed by atoms with Gasteiger partial charge in [-0.2, -0.15) is 13.2 Å². The first-order valence-electron chi connectivity index (χ1n) is 6.39. The topological polar surface area (TPSA) is 43.6 Å². The van der Waals surface area contributed by atoms with Crippen LogP contribution in [-0.4, -0.2) is 22.5 Å². The van der Waals surface area contributed by atoms with Crippen LogP contribution in [0.5, 0.6) is 0 Å². The number of hydrogen-bond donors (Lipinski definition) is 0. The Morgan fingerprint density at radius 3 is 2.64 bits per heavy atom. The average Bonchev–Trinajstić information content (AvgIpc) is 2.92. The zero-order chi connectivity index (χ0) is 16.1. The summed E-state index contributed by atoms with van der Waals surface area (Å²) in [5.74, 6) is -0.501. The maximum Gasteiger partial charge on any atom is 0.434 e. The number of hydrogen-bond acceptors (Lipinski definition) is 3. The van der Waals surface area contributed by atoms with Crippen molar-refractivity contribution in [3.05, 3.63) is 47.4 Å². The van der Waals surface area contributed by atoms with Gasteiger partial charge in [-0.1, -0.05) is 0 Å². The van der Waals surface area contributed by atoms with Gasteiger partial charge in [-0.25, -0.2) is 9.78 Å². The Morgan fingerprint density at radius 1 is 1.27 bits per heavy atom. The zero-order valence-corrected chi connectivity index (χ0v) is 11.7. The Kier molecular flexibility index (Phi) is 3.09. The van der Waals surface area contributed by atoms with Crippen molar-refractivity contribution in [1.82, 2.24) is 9.38 Å². The summed E-state index contributed by atoms with van der Waals surface area (Å²) in [4.78, 5) is 15.2. The first kappa shape index (κ1) is 14.4. The van der Waals surface area contributed by atoms with Gasteiger partial charge in [0.1, 0.15) is 5.65 Å². The maximum absolute atomic E-state index is 12.8. The molecule has 0 saturated carbocycles. The van der Waals surface area contributed by atoms with Crippen molar-refractivity contribution in [2.45, 2.75) is 13.1 Å². The number of ether oxygens (including phenoxy) is 1. The Hall–Kier alpha value is -2.57. The minimum absolute atomic E-state index is 0.207. The molecular formula is C15H11F3N2O2. The molecule has 1 aromatic carbocycles. The number of halogens is 3. The largest absolute Gasteiger partial charge is 0.465 e. The lowest BCUT2D eigenvalue weighted by Crippen LogP contribution is -2.04. The second-order valence-electron chi connectivity index (χ2n) is 4.90. The molecule has 22 heavy (non-hydrogen) atoms. The van der Waals surface area contributed by atoms with Crippen molar-refractivity contribution in [1.29, 1.82) is 0 Å². The van der Waals surface area contributed by atoms with Crippen LogP contribution in [0.1, 0.15) is 21.7 Å². The van der Waals surface area contributed by atoms with E-state index < -0.39 is 17.8 Å². The molecule has 0 N–H and O–H groups in total. The Balaban J connectivity index is 2.31. The number of aromatic nitrogens is 2. The fourth-order valence-corrected chi connectivity index (χ4v) is 2.40.